The van der Waals surface area contributed by atoms with Crippen molar-refractivity contribution in [2.24, 2.45) is 17.6 Å². The maximum atomic E-state index is 12.8. The number of nitrogens with one attached hydrogen (secondary N) is 1. The van der Waals surface area contributed by atoms with Gasteiger partial charge in [-0.1, -0.05) is 29.8 Å². The zero-order valence-corrected chi connectivity index (χ0v) is 20.9. The van der Waals surface area contributed by atoms with Crippen LogP contribution in [0.2, 0.25) is 5.02 Å². The maximum absolute atomic E-state index is 12.8. The third-order valence-corrected chi connectivity index (χ3v) is 9.46. The number of aromatic nitrogens is 2. The Bertz CT molecular complexity index is 1230. The van der Waals surface area contributed by atoms with Gasteiger partial charge in [-0.25, -0.2) is 9.78 Å². The van der Waals surface area contributed by atoms with Gasteiger partial charge in [0.05, 0.1) is 22.0 Å². The Labute approximate surface area is 211 Å². The molecule has 8 nitrogen and oxygen atoms in total. The van der Waals surface area contributed by atoms with Crippen LogP contribution in [0.15, 0.2) is 35.2 Å². The molecule has 6 rings (SSSR count). The first-order chi connectivity index (χ1) is 16.9. The summed E-state index contributed by atoms with van der Waals surface area (Å²) in [6.07, 6.45) is 6.01. The number of hydrogen-bond donors (Lipinski definition) is 2. The lowest BCUT2D eigenvalue weighted by Crippen LogP contribution is -2.50. The highest BCUT2D eigenvalue weighted by molar-refractivity contribution is 7.85. The van der Waals surface area contributed by atoms with E-state index in [4.69, 9.17) is 32.0 Å². The van der Waals surface area contributed by atoms with Crippen molar-refractivity contribution in [3.8, 4) is 0 Å². The molecule has 1 aromatic heterocycles. The average Bonchev–Trinajstić information content (AvgIpc) is 3.49. The van der Waals surface area contributed by atoms with Crippen LogP contribution >= 0.6 is 11.6 Å². The van der Waals surface area contributed by atoms with Crippen molar-refractivity contribution in [1.29, 1.82) is 0 Å². The van der Waals surface area contributed by atoms with E-state index >= 15 is 0 Å². The second kappa shape index (κ2) is 8.78. The predicted octanol–water partition coefficient (Wildman–Crippen LogP) is 3.76. The van der Waals surface area contributed by atoms with E-state index in [1.807, 2.05) is 12.1 Å². The quantitative estimate of drug-likeness (QED) is 0.605. The van der Waals surface area contributed by atoms with E-state index in [1.165, 1.54) is 11.1 Å². The third-order valence-electron chi connectivity index (χ3n) is 7.75. The van der Waals surface area contributed by atoms with E-state index in [2.05, 4.69) is 28.4 Å². The van der Waals surface area contributed by atoms with Crippen molar-refractivity contribution in [2.45, 2.75) is 42.5 Å². The summed E-state index contributed by atoms with van der Waals surface area (Å²) in [4.78, 5) is 23.9. The van der Waals surface area contributed by atoms with Gasteiger partial charge in [0, 0.05) is 30.3 Å². The largest absolute Gasteiger partial charge is 0.447 e. The number of primary amides is 1. The molecule has 3 atom stereocenters. The number of carbonyl (C=O) groups excluding carboxylic acids is 1. The van der Waals surface area contributed by atoms with Gasteiger partial charge in [-0.15, -0.1) is 0 Å². The lowest BCUT2D eigenvalue weighted by Gasteiger charge is -2.42. The van der Waals surface area contributed by atoms with Crippen LogP contribution in [0.5, 0.6) is 0 Å². The van der Waals surface area contributed by atoms with Gasteiger partial charge in [0.25, 0.3) is 0 Å². The molecule has 1 aromatic carbocycles. The molecule has 0 radical (unpaired) electrons. The van der Waals surface area contributed by atoms with Gasteiger partial charge in [0.2, 0.25) is 5.95 Å². The zero-order valence-electron chi connectivity index (χ0n) is 19.3. The summed E-state index contributed by atoms with van der Waals surface area (Å²) in [6, 6.07) is 8.07. The fourth-order valence-corrected chi connectivity index (χ4v) is 7.16. The molecule has 10 heteroatoms. The van der Waals surface area contributed by atoms with E-state index in [0.717, 1.165) is 49.5 Å². The Morgan fingerprint density at radius 1 is 1.26 bits per heavy atom. The highest BCUT2D eigenvalue weighted by Gasteiger charge is 2.42. The summed E-state index contributed by atoms with van der Waals surface area (Å²) in [7, 11) is -1.13. The molecule has 2 fully saturated rings. The van der Waals surface area contributed by atoms with Crippen LogP contribution in [0.25, 0.3) is 5.57 Å². The Balaban J connectivity index is 1.24. The molecule has 0 bridgehead atoms. The molecule has 1 saturated carbocycles. The van der Waals surface area contributed by atoms with E-state index in [0.29, 0.717) is 40.7 Å². The van der Waals surface area contributed by atoms with Gasteiger partial charge in [-0.05, 0) is 60.8 Å². The lowest BCUT2D eigenvalue weighted by molar-refractivity contribution is 0.101. The van der Waals surface area contributed by atoms with Crippen LogP contribution in [-0.2, 0) is 22.0 Å². The van der Waals surface area contributed by atoms with Crippen molar-refractivity contribution >= 4 is 45.8 Å². The maximum Gasteiger partial charge on any atom is 0.404 e. The fraction of sp³-hybridized carbons (Fsp3) is 0.480. The normalized spacial score (nSPS) is 26.0. The number of aryl methyl sites for hydroxylation is 1. The first-order valence-corrected chi connectivity index (χ1v) is 13.8. The van der Waals surface area contributed by atoms with Crippen LogP contribution < -0.4 is 16.0 Å². The molecule has 35 heavy (non-hydrogen) atoms. The molecule has 1 amide bonds. The molecule has 3 heterocycles. The van der Waals surface area contributed by atoms with Crippen molar-refractivity contribution in [3.05, 3.63) is 46.6 Å². The molecule has 2 aliphatic heterocycles. The number of ether oxygens (including phenoxy) is 1. The van der Waals surface area contributed by atoms with Crippen molar-refractivity contribution in [3.63, 3.8) is 0 Å². The van der Waals surface area contributed by atoms with Gasteiger partial charge in [-0.3, -0.25) is 4.21 Å². The van der Waals surface area contributed by atoms with Crippen molar-refractivity contribution < 1.29 is 13.7 Å². The van der Waals surface area contributed by atoms with Crippen molar-refractivity contribution in [2.75, 3.05) is 35.7 Å². The second-order valence-electron chi connectivity index (χ2n) is 10.0. The van der Waals surface area contributed by atoms with Gasteiger partial charge < -0.3 is 20.7 Å². The average molecular weight is 514 g/mol. The molecule has 3 N–H and O–H groups in total. The molecule has 1 saturated heterocycles. The minimum absolute atomic E-state index is 0.176. The van der Waals surface area contributed by atoms with Gasteiger partial charge >= 0.3 is 6.09 Å². The molecule has 184 valence electrons. The summed E-state index contributed by atoms with van der Waals surface area (Å²) in [5, 5.41) is 4.25. The van der Waals surface area contributed by atoms with Gasteiger partial charge in [0.15, 0.2) is 0 Å². The van der Waals surface area contributed by atoms with Gasteiger partial charge in [0.1, 0.15) is 17.3 Å². The van der Waals surface area contributed by atoms with E-state index in [-0.39, 0.29) is 6.61 Å². The molecular formula is C25H28ClN5O3S. The van der Waals surface area contributed by atoms with Crippen LogP contribution in [-0.4, -0.2) is 51.3 Å². The summed E-state index contributed by atoms with van der Waals surface area (Å²) >= 11 is 6.06. The van der Waals surface area contributed by atoms with E-state index in [1.54, 1.807) is 0 Å². The number of nitrogens with two attached hydrogens (primary N) is 1. The third kappa shape index (κ3) is 4.29. The first kappa shape index (κ1) is 22.8. The van der Waals surface area contributed by atoms with Gasteiger partial charge in [-0.2, -0.15) is 4.98 Å². The van der Waals surface area contributed by atoms with Crippen LogP contribution in [0, 0.1) is 11.8 Å². The monoisotopic (exact) mass is 513 g/mol. The van der Waals surface area contributed by atoms with Crippen LogP contribution in [0.3, 0.4) is 0 Å². The number of benzene rings is 1. The zero-order chi connectivity index (χ0) is 24.2. The fourth-order valence-electron chi connectivity index (χ4n) is 5.73. The Morgan fingerprint density at radius 2 is 2.06 bits per heavy atom. The molecule has 2 aromatic rings. The number of amides is 1. The highest BCUT2D eigenvalue weighted by atomic mass is 35.5. The number of nitrogens with zero attached hydrogens (tertiary/aromatic N) is 3. The van der Waals surface area contributed by atoms with Crippen LogP contribution in [0.4, 0.5) is 16.6 Å². The predicted molar refractivity (Wildman–Crippen MR) is 136 cm³/mol. The van der Waals surface area contributed by atoms with Crippen molar-refractivity contribution in [1.82, 2.24) is 9.97 Å². The molecule has 0 unspecified atom stereocenters. The number of rotatable bonds is 6. The summed E-state index contributed by atoms with van der Waals surface area (Å²) < 4.78 is 17.9. The highest BCUT2D eigenvalue weighted by Crippen LogP contribution is 2.43. The summed E-state index contributed by atoms with van der Waals surface area (Å²) in [6.45, 7) is 1.92. The smallest absolute Gasteiger partial charge is 0.404 e. The number of fused-ring (bicyclic) bond motifs is 2. The minimum Gasteiger partial charge on any atom is -0.447 e. The van der Waals surface area contributed by atoms with E-state index in [9.17, 15) is 9.00 Å². The molecule has 2 aliphatic carbocycles. The molecule has 0 spiro atoms. The molecular weight excluding hydrogens is 486 g/mol. The minimum atomic E-state index is -1.13. The Hall–Kier alpha value is -2.65. The number of anilines is 2. The molecule has 4 aliphatic rings. The second-order valence-corrected chi connectivity index (χ2v) is 12.0. The van der Waals surface area contributed by atoms with E-state index < -0.39 is 22.4 Å². The summed E-state index contributed by atoms with van der Waals surface area (Å²) in [5.41, 5.74) is 8.27. The number of allylic oxidation sites excluding steroid dienone is 1. The number of hydrogen-bond acceptors (Lipinski definition) is 7. The number of halogens is 1. The number of carbonyl (C=O) groups is 1. The standard InChI is InChI=1S/C25H28ClN5O3S/c26-19-4-2-15(3-5-19)16-10-17-12-31(13-18(17)11-16)24-28-20-6-9-35(33)21(20)22(29-24)30-25(7-1-8-25)14-34-23(27)32/h2-5,10,17-18H,1,6-9,11-14H2,(H2,27,32)(H,28,29,30)/t17-,18+,35+/m1/s1. The Morgan fingerprint density at radius 3 is 2.74 bits per heavy atom. The summed E-state index contributed by atoms with van der Waals surface area (Å²) in [5.74, 6) is 2.83. The first-order valence-electron chi connectivity index (χ1n) is 12.1. The van der Waals surface area contributed by atoms with Crippen LogP contribution in [0.1, 0.15) is 36.9 Å². The Kier molecular flexibility index (Phi) is 5.72. The SMILES string of the molecule is NC(=O)OCC1(Nc2nc(N3C[C@@H]4CC(c5ccc(Cl)cc5)=C[C@@H]4C3)nc3c2[S@@](=O)CC3)CCC1. The lowest BCUT2D eigenvalue weighted by atomic mass is 9.77. The topological polar surface area (TPSA) is 110 Å².